The lowest BCUT2D eigenvalue weighted by Gasteiger charge is -2.26. The Morgan fingerprint density at radius 3 is 2.90 bits per heavy atom. The molecule has 6 heteroatoms. The molecule has 0 bridgehead atoms. The summed E-state index contributed by atoms with van der Waals surface area (Å²) >= 11 is 0. The molecule has 20 heavy (non-hydrogen) atoms. The number of benzene rings is 1. The van der Waals surface area contributed by atoms with Crippen molar-refractivity contribution in [1.82, 2.24) is 10.5 Å². The number of aromatic nitrogens is 1. The van der Waals surface area contributed by atoms with Crippen molar-refractivity contribution in [3.8, 4) is 5.95 Å². The summed E-state index contributed by atoms with van der Waals surface area (Å²) in [7, 11) is 0. The molecule has 1 aliphatic rings. The SMILES string of the molecule is Fc1ccc(NCc2cc(OC[C@@H]3CCN3)on2)cc1. The highest BCUT2D eigenvalue weighted by molar-refractivity contribution is 5.43. The minimum Gasteiger partial charge on any atom is -0.462 e. The second kappa shape index (κ2) is 5.92. The predicted molar refractivity (Wildman–Crippen MR) is 72.1 cm³/mol. The molecule has 106 valence electrons. The Bertz CT molecular complexity index is 552. The molecule has 1 aromatic heterocycles. The number of nitrogens with zero attached hydrogens (tertiary/aromatic N) is 1. The van der Waals surface area contributed by atoms with E-state index in [9.17, 15) is 4.39 Å². The van der Waals surface area contributed by atoms with Gasteiger partial charge < -0.3 is 19.9 Å². The topological polar surface area (TPSA) is 59.3 Å². The Hall–Kier alpha value is -2.08. The monoisotopic (exact) mass is 277 g/mol. The van der Waals surface area contributed by atoms with E-state index in [-0.39, 0.29) is 5.82 Å². The molecule has 1 atom stereocenters. The van der Waals surface area contributed by atoms with Gasteiger partial charge in [-0.25, -0.2) is 4.39 Å². The van der Waals surface area contributed by atoms with E-state index in [2.05, 4.69) is 15.8 Å². The van der Waals surface area contributed by atoms with Crippen molar-refractivity contribution in [2.75, 3.05) is 18.5 Å². The molecule has 2 heterocycles. The second-order valence-electron chi connectivity index (χ2n) is 4.75. The fraction of sp³-hybridized carbons (Fsp3) is 0.357. The first-order valence-corrected chi connectivity index (χ1v) is 6.61. The molecule has 1 aliphatic heterocycles. The zero-order valence-electron chi connectivity index (χ0n) is 10.9. The Morgan fingerprint density at radius 2 is 2.20 bits per heavy atom. The van der Waals surface area contributed by atoms with Gasteiger partial charge in [-0.05, 0) is 37.2 Å². The standard InChI is InChI=1S/C14H16FN3O2/c15-10-1-3-11(4-2-10)17-8-13-7-14(20-18-13)19-9-12-5-6-16-12/h1-4,7,12,16-17H,5-6,8-9H2/t12-/m0/s1. The van der Waals surface area contributed by atoms with Gasteiger partial charge in [0.25, 0.3) is 0 Å². The maximum Gasteiger partial charge on any atom is 0.311 e. The predicted octanol–water partition coefficient (Wildman–Crippen LogP) is 2.17. The van der Waals surface area contributed by atoms with Crippen LogP contribution in [0.1, 0.15) is 12.1 Å². The largest absolute Gasteiger partial charge is 0.462 e. The first-order valence-electron chi connectivity index (χ1n) is 6.61. The van der Waals surface area contributed by atoms with Gasteiger partial charge in [-0.1, -0.05) is 5.16 Å². The summed E-state index contributed by atoms with van der Waals surface area (Å²) in [5.74, 6) is 0.173. The lowest BCUT2D eigenvalue weighted by molar-refractivity contribution is 0.165. The van der Waals surface area contributed by atoms with Crippen LogP contribution < -0.4 is 15.4 Å². The zero-order chi connectivity index (χ0) is 13.8. The molecular weight excluding hydrogens is 261 g/mol. The van der Waals surface area contributed by atoms with Gasteiger partial charge in [0.1, 0.15) is 18.1 Å². The molecular formula is C14H16FN3O2. The number of halogens is 1. The van der Waals surface area contributed by atoms with Crippen molar-refractivity contribution in [2.24, 2.45) is 0 Å². The Labute approximate surface area is 116 Å². The highest BCUT2D eigenvalue weighted by atomic mass is 19.1. The number of hydrogen-bond acceptors (Lipinski definition) is 5. The van der Waals surface area contributed by atoms with Crippen LogP contribution in [-0.4, -0.2) is 24.4 Å². The van der Waals surface area contributed by atoms with E-state index in [0.717, 1.165) is 24.3 Å². The molecule has 1 fully saturated rings. The van der Waals surface area contributed by atoms with E-state index >= 15 is 0 Å². The van der Waals surface area contributed by atoms with E-state index in [1.54, 1.807) is 18.2 Å². The maximum atomic E-state index is 12.8. The Balaban J connectivity index is 1.47. The fourth-order valence-electron chi connectivity index (χ4n) is 1.88. The summed E-state index contributed by atoms with van der Waals surface area (Å²) in [5.41, 5.74) is 1.57. The summed E-state index contributed by atoms with van der Waals surface area (Å²) < 4.78 is 23.3. The quantitative estimate of drug-likeness (QED) is 0.847. The molecule has 3 rings (SSSR count). The highest BCUT2D eigenvalue weighted by Crippen LogP contribution is 2.16. The summed E-state index contributed by atoms with van der Waals surface area (Å²) in [4.78, 5) is 0. The van der Waals surface area contributed by atoms with Crippen LogP contribution in [0.25, 0.3) is 0 Å². The third-order valence-electron chi connectivity index (χ3n) is 3.21. The first kappa shape index (κ1) is 12.9. The average Bonchev–Trinajstić information content (AvgIpc) is 2.84. The molecule has 1 saturated heterocycles. The van der Waals surface area contributed by atoms with E-state index in [0.29, 0.717) is 25.1 Å². The number of nitrogens with one attached hydrogen (secondary N) is 2. The van der Waals surface area contributed by atoms with Gasteiger partial charge in [0.05, 0.1) is 6.54 Å². The molecule has 0 amide bonds. The van der Waals surface area contributed by atoms with Crippen LogP contribution in [0.3, 0.4) is 0 Å². The van der Waals surface area contributed by atoms with Gasteiger partial charge in [-0.2, -0.15) is 0 Å². The number of anilines is 1. The van der Waals surface area contributed by atoms with Crippen LogP contribution in [0.5, 0.6) is 5.95 Å². The van der Waals surface area contributed by atoms with Gasteiger partial charge in [0.2, 0.25) is 0 Å². The van der Waals surface area contributed by atoms with E-state index in [1.807, 2.05) is 0 Å². The smallest absolute Gasteiger partial charge is 0.311 e. The van der Waals surface area contributed by atoms with E-state index in [1.165, 1.54) is 12.1 Å². The first-order chi connectivity index (χ1) is 9.79. The van der Waals surface area contributed by atoms with Gasteiger partial charge in [0.15, 0.2) is 0 Å². The third kappa shape index (κ3) is 3.27. The highest BCUT2D eigenvalue weighted by Gasteiger charge is 2.17. The molecule has 2 aromatic rings. The molecule has 0 radical (unpaired) electrons. The van der Waals surface area contributed by atoms with Crippen LogP contribution in [0.2, 0.25) is 0 Å². The van der Waals surface area contributed by atoms with Gasteiger partial charge in [0, 0.05) is 17.8 Å². The lowest BCUT2D eigenvalue weighted by Crippen LogP contribution is -2.46. The number of hydrogen-bond donors (Lipinski definition) is 2. The molecule has 0 aliphatic carbocycles. The summed E-state index contributed by atoms with van der Waals surface area (Å²) in [6.45, 7) is 2.15. The van der Waals surface area contributed by atoms with Crippen molar-refractivity contribution >= 4 is 5.69 Å². The van der Waals surface area contributed by atoms with E-state index < -0.39 is 0 Å². The van der Waals surface area contributed by atoms with Crippen LogP contribution >= 0.6 is 0 Å². The number of rotatable bonds is 6. The summed E-state index contributed by atoms with van der Waals surface area (Å²) in [6, 6.07) is 8.34. The van der Waals surface area contributed by atoms with Crippen LogP contribution in [0, 0.1) is 5.82 Å². The van der Waals surface area contributed by atoms with Crippen molar-refractivity contribution in [3.05, 3.63) is 41.8 Å². The molecule has 0 unspecified atom stereocenters. The molecule has 2 N–H and O–H groups in total. The van der Waals surface area contributed by atoms with Crippen molar-refractivity contribution in [2.45, 2.75) is 19.0 Å². The molecule has 0 spiro atoms. The Kier molecular flexibility index (Phi) is 3.83. The van der Waals surface area contributed by atoms with Gasteiger partial charge in [-0.3, -0.25) is 0 Å². The van der Waals surface area contributed by atoms with Crippen molar-refractivity contribution in [1.29, 1.82) is 0 Å². The Morgan fingerprint density at radius 1 is 1.40 bits per heavy atom. The van der Waals surface area contributed by atoms with Crippen LogP contribution in [0.4, 0.5) is 10.1 Å². The molecule has 5 nitrogen and oxygen atoms in total. The van der Waals surface area contributed by atoms with Crippen LogP contribution in [-0.2, 0) is 6.54 Å². The lowest BCUT2D eigenvalue weighted by atomic mass is 10.1. The average molecular weight is 277 g/mol. The van der Waals surface area contributed by atoms with Crippen LogP contribution in [0.15, 0.2) is 34.9 Å². The third-order valence-corrected chi connectivity index (χ3v) is 3.21. The van der Waals surface area contributed by atoms with E-state index in [4.69, 9.17) is 9.26 Å². The minimum absolute atomic E-state index is 0.253. The zero-order valence-corrected chi connectivity index (χ0v) is 10.9. The summed E-state index contributed by atoms with van der Waals surface area (Å²) in [5, 5.41) is 10.3. The fourth-order valence-corrected chi connectivity index (χ4v) is 1.88. The normalized spacial score (nSPS) is 17.6. The minimum atomic E-state index is -0.253. The van der Waals surface area contributed by atoms with Gasteiger partial charge in [-0.15, -0.1) is 0 Å². The summed E-state index contributed by atoms with van der Waals surface area (Å²) in [6.07, 6.45) is 1.13. The molecule has 0 saturated carbocycles. The van der Waals surface area contributed by atoms with Gasteiger partial charge >= 0.3 is 5.95 Å². The molecule has 1 aromatic carbocycles. The second-order valence-corrected chi connectivity index (χ2v) is 4.75. The maximum absolute atomic E-state index is 12.8. The van der Waals surface area contributed by atoms with Crippen molar-refractivity contribution < 1.29 is 13.7 Å². The van der Waals surface area contributed by atoms with Crippen molar-refractivity contribution in [3.63, 3.8) is 0 Å². The number of ether oxygens (including phenoxy) is 1.